The van der Waals surface area contributed by atoms with Crippen LogP contribution in [0.4, 0.5) is 0 Å². The minimum atomic E-state index is -0.412. The Morgan fingerprint density at radius 2 is 1.54 bits per heavy atom. The Hall–Kier alpha value is -2.26. The summed E-state index contributed by atoms with van der Waals surface area (Å²) in [5.41, 5.74) is 4.22. The summed E-state index contributed by atoms with van der Waals surface area (Å²) in [5, 5.41) is 8.93. The molecule has 0 spiro atoms. The number of carbonyl (C=O) groups excluding carboxylic acids is 1. The van der Waals surface area contributed by atoms with E-state index >= 15 is 0 Å². The Labute approximate surface area is 145 Å². The first-order valence-electron chi connectivity index (χ1n) is 8.40. The van der Waals surface area contributed by atoms with E-state index in [-0.39, 0.29) is 11.7 Å². The van der Waals surface area contributed by atoms with Crippen molar-refractivity contribution in [3.63, 3.8) is 0 Å². The van der Waals surface area contributed by atoms with Gasteiger partial charge < -0.3 is 5.11 Å². The molecule has 0 heterocycles. The van der Waals surface area contributed by atoms with Crippen LogP contribution in [0.5, 0.6) is 0 Å². The minimum absolute atomic E-state index is 0.151. The minimum Gasteiger partial charge on any atom is -0.389 e. The molecule has 3 heteroatoms. The van der Waals surface area contributed by atoms with Crippen LogP contribution in [0.3, 0.4) is 0 Å². The van der Waals surface area contributed by atoms with Crippen LogP contribution in [0.15, 0.2) is 59.6 Å². The van der Waals surface area contributed by atoms with Crippen LogP contribution in [0, 0.1) is 5.92 Å². The van der Waals surface area contributed by atoms with Crippen LogP contribution in [0.1, 0.15) is 32.8 Å². The Bertz CT molecular complexity index is 645. The SMILES string of the molecule is CC.CN=C(C[C@H](C)C(=O)CO)c1ccc(-c2ccccc2)cc1. The van der Waals surface area contributed by atoms with E-state index in [9.17, 15) is 4.79 Å². The molecule has 0 bridgehead atoms. The number of aliphatic hydroxyl groups is 1. The molecule has 0 aliphatic heterocycles. The average Bonchev–Trinajstić information content (AvgIpc) is 2.67. The lowest BCUT2D eigenvalue weighted by atomic mass is 9.94. The smallest absolute Gasteiger partial charge is 0.161 e. The highest BCUT2D eigenvalue weighted by atomic mass is 16.3. The van der Waals surface area contributed by atoms with Gasteiger partial charge in [-0.2, -0.15) is 0 Å². The highest BCUT2D eigenvalue weighted by Gasteiger charge is 2.15. The summed E-state index contributed by atoms with van der Waals surface area (Å²) in [5.74, 6) is -0.375. The van der Waals surface area contributed by atoms with Crippen LogP contribution in [-0.4, -0.2) is 30.3 Å². The number of benzene rings is 2. The first-order valence-corrected chi connectivity index (χ1v) is 8.40. The molecule has 0 unspecified atom stereocenters. The fourth-order valence-corrected chi connectivity index (χ4v) is 2.38. The summed E-state index contributed by atoms with van der Waals surface area (Å²) < 4.78 is 0. The lowest BCUT2D eigenvalue weighted by Crippen LogP contribution is -2.19. The topological polar surface area (TPSA) is 49.7 Å². The van der Waals surface area contributed by atoms with E-state index in [2.05, 4.69) is 29.3 Å². The van der Waals surface area contributed by atoms with Gasteiger partial charge in [-0.1, -0.05) is 75.4 Å². The number of Topliss-reactive ketones (excluding diaryl/α,β-unsaturated/α-hetero) is 1. The van der Waals surface area contributed by atoms with E-state index in [1.165, 1.54) is 5.56 Å². The van der Waals surface area contributed by atoms with Crippen LogP contribution >= 0.6 is 0 Å². The van der Waals surface area contributed by atoms with Gasteiger partial charge in [0.2, 0.25) is 0 Å². The molecule has 0 amide bonds. The lowest BCUT2D eigenvalue weighted by molar-refractivity contribution is -0.124. The molecule has 0 fully saturated rings. The molecule has 24 heavy (non-hydrogen) atoms. The number of ketones is 1. The van der Waals surface area contributed by atoms with Crippen molar-refractivity contribution >= 4 is 11.5 Å². The monoisotopic (exact) mass is 325 g/mol. The van der Waals surface area contributed by atoms with E-state index in [0.29, 0.717) is 6.42 Å². The number of hydrogen-bond acceptors (Lipinski definition) is 3. The molecule has 1 atom stereocenters. The largest absolute Gasteiger partial charge is 0.389 e. The van der Waals surface area contributed by atoms with Gasteiger partial charge in [0.15, 0.2) is 5.78 Å². The normalized spacial score (nSPS) is 12.1. The molecule has 0 radical (unpaired) electrons. The lowest BCUT2D eigenvalue weighted by Gasteiger charge is -2.12. The van der Waals surface area contributed by atoms with Gasteiger partial charge in [0, 0.05) is 18.7 Å². The molecule has 0 aliphatic rings. The molecule has 2 aromatic rings. The maximum atomic E-state index is 11.5. The van der Waals surface area contributed by atoms with Crippen molar-refractivity contribution in [1.29, 1.82) is 0 Å². The van der Waals surface area contributed by atoms with Gasteiger partial charge in [0.05, 0.1) is 0 Å². The van der Waals surface area contributed by atoms with Crippen LogP contribution in [0.25, 0.3) is 11.1 Å². The van der Waals surface area contributed by atoms with E-state index in [1.807, 2.05) is 51.1 Å². The van der Waals surface area contributed by atoms with E-state index in [4.69, 9.17) is 5.11 Å². The van der Waals surface area contributed by atoms with Crippen molar-refractivity contribution in [3.8, 4) is 11.1 Å². The van der Waals surface area contributed by atoms with Gasteiger partial charge in [0.1, 0.15) is 6.61 Å². The second kappa shape index (κ2) is 10.5. The van der Waals surface area contributed by atoms with Crippen LogP contribution in [-0.2, 0) is 4.79 Å². The second-order valence-corrected chi connectivity index (χ2v) is 5.34. The number of aliphatic hydroxyl groups excluding tert-OH is 1. The number of aliphatic imine (C=N–C) groups is 1. The predicted molar refractivity (Wildman–Crippen MR) is 102 cm³/mol. The van der Waals surface area contributed by atoms with Crippen molar-refractivity contribution in [1.82, 2.24) is 0 Å². The highest BCUT2D eigenvalue weighted by Crippen LogP contribution is 2.20. The third-order valence-corrected chi connectivity index (χ3v) is 3.80. The molecule has 0 saturated carbocycles. The first kappa shape index (κ1) is 19.8. The quantitative estimate of drug-likeness (QED) is 0.801. The summed E-state index contributed by atoms with van der Waals surface area (Å²) in [4.78, 5) is 15.8. The molecular weight excluding hydrogens is 298 g/mol. The van der Waals surface area contributed by atoms with E-state index in [0.717, 1.165) is 16.8 Å². The predicted octanol–water partition coefficient (Wildman–Crippen LogP) is 4.39. The summed E-state index contributed by atoms with van der Waals surface area (Å²) in [6.45, 7) is 5.41. The maximum Gasteiger partial charge on any atom is 0.161 e. The highest BCUT2D eigenvalue weighted by molar-refractivity contribution is 6.03. The fourth-order valence-electron chi connectivity index (χ4n) is 2.38. The summed E-state index contributed by atoms with van der Waals surface area (Å²) >= 11 is 0. The Balaban J connectivity index is 0.00000139. The zero-order valence-electron chi connectivity index (χ0n) is 15.0. The van der Waals surface area contributed by atoms with E-state index in [1.54, 1.807) is 7.05 Å². The molecule has 2 rings (SSSR count). The van der Waals surface area contributed by atoms with Gasteiger partial charge in [-0.25, -0.2) is 0 Å². The third kappa shape index (κ3) is 5.43. The molecule has 3 nitrogen and oxygen atoms in total. The van der Waals surface area contributed by atoms with Gasteiger partial charge in [0.25, 0.3) is 0 Å². The Morgan fingerprint density at radius 3 is 2.04 bits per heavy atom. The standard InChI is InChI=1S/C19H21NO2.C2H6/c1-14(19(22)13-21)12-18(20-2)17-10-8-16(9-11-17)15-6-4-3-5-7-15;1-2/h3-11,14,21H,12-13H2,1-2H3;1-2H3/t14-;/m0./s1. The number of hydrogen-bond donors (Lipinski definition) is 1. The molecule has 2 aromatic carbocycles. The molecule has 128 valence electrons. The number of carbonyl (C=O) groups is 1. The molecular formula is C21H27NO2. The zero-order valence-corrected chi connectivity index (χ0v) is 15.0. The molecule has 0 saturated heterocycles. The Kier molecular flexibility index (Phi) is 8.66. The molecule has 0 aromatic heterocycles. The number of rotatable bonds is 6. The summed E-state index contributed by atoms with van der Waals surface area (Å²) in [6, 6.07) is 18.4. The number of nitrogens with zero attached hydrogens (tertiary/aromatic N) is 1. The summed E-state index contributed by atoms with van der Waals surface area (Å²) in [7, 11) is 1.73. The van der Waals surface area contributed by atoms with Crippen molar-refractivity contribution < 1.29 is 9.90 Å². The van der Waals surface area contributed by atoms with Crippen molar-refractivity contribution in [2.24, 2.45) is 10.9 Å². The zero-order chi connectivity index (χ0) is 17.9. The summed E-state index contributed by atoms with van der Waals surface area (Å²) in [6.07, 6.45) is 0.542. The molecule has 0 aliphatic carbocycles. The fraction of sp³-hybridized carbons (Fsp3) is 0.333. The van der Waals surface area contributed by atoms with Crippen LogP contribution < -0.4 is 0 Å². The maximum absolute atomic E-state index is 11.5. The van der Waals surface area contributed by atoms with Crippen LogP contribution in [0.2, 0.25) is 0 Å². The van der Waals surface area contributed by atoms with Gasteiger partial charge >= 0.3 is 0 Å². The van der Waals surface area contributed by atoms with Crippen molar-refractivity contribution in [3.05, 3.63) is 60.2 Å². The van der Waals surface area contributed by atoms with Gasteiger partial charge in [-0.15, -0.1) is 0 Å². The first-order chi connectivity index (χ1) is 11.7. The third-order valence-electron chi connectivity index (χ3n) is 3.80. The van der Waals surface area contributed by atoms with Crippen molar-refractivity contribution in [2.45, 2.75) is 27.2 Å². The van der Waals surface area contributed by atoms with Crippen molar-refractivity contribution in [2.75, 3.05) is 13.7 Å². The van der Waals surface area contributed by atoms with E-state index < -0.39 is 6.61 Å². The molecule has 1 N–H and O–H groups in total. The van der Waals surface area contributed by atoms with Gasteiger partial charge in [-0.3, -0.25) is 9.79 Å². The second-order valence-electron chi connectivity index (χ2n) is 5.34. The Morgan fingerprint density at radius 1 is 1.00 bits per heavy atom. The average molecular weight is 325 g/mol. The van der Waals surface area contributed by atoms with Gasteiger partial charge in [-0.05, 0) is 23.1 Å².